The molecule has 1 aromatic rings. The van der Waals surface area contributed by atoms with E-state index >= 15 is 0 Å². The molecule has 0 aromatic carbocycles. The second-order valence-electron chi connectivity index (χ2n) is 7.00. The van der Waals surface area contributed by atoms with Crippen molar-refractivity contribution in [1.82, 2.24) is 15.2 Å². The molecule has 4 fully saturated rings. The molecule has 4 aliphatic carbocycles. The monoisotopic (exact) mass is 262 g/mol. The highest BCUT2D eigenvalue weighted by molar-refractivity contribution is 5.01. The molecule has 5 heteroatoms. The van der Waals surface area contributed by atoms with E-state index in [4.69, 9.17) is 5.73 Å². The van der Waals surface area contributed by atoms with Gasteiger partial charge in [0.25, 0.3) is 0 Å². The number of nitrogens with zero attached hydrogens (tertiary/aromatic N) is 1. The summed E-state index contributed by atoms with van der Waals surface area (Å²) in [5, 5.41) is 6.39. The van der Waals surface area contributed by atoms with Gasteiger partial charge in [0.15, 0.2) is 0 Å². The maximum atomic E-state index is 11.1. The first-order valence-electron chi connectivity index (χ1n) is 7.59. The van der Waals surface area contributed by atoms with Gasteiger partial charge in [-0.1, -0.05) is 0 Å². The van der Waals surface area contributed by atoms with Gasteiger partial charge in [0.1, 0.15) is 5.82 Å². The fourth-order valence-electron chi connectivity index (χ4n) is 5.29. The van der Waals surface area contributed by atoms with E-state index in [1.165, 1.54) is 32.1 Å². The third kappa shape index (κ3) is 1.95. The first-order valence-corrected chi connectivity index (χ1v) is 7.59. The number of aromatic nitrogens is 3. The number of hydrogen-bond donors (Lipinski definition) is 3. The number of aromatic amines is 2. The maximum absolute atomic E-state index is 11.1. The highest BCUT2D eigenvalue weighted by Gasteiger charge is 2.48. The molecule has 4 aliphatic rings. The lowest BCUT2D eigenvalue weighted by Gasteiger charge is -2.55. The summed E-state index contributed by atoms with van der Waals surface area (Å²) in [7, 11) is 0. The standard InChI is InChI=1S/C14H22N4O/c15-12(13-16-14(19)18-17-13)6-11-9-2-7-1-8(4-9)5-10(11)3-7/h7-12H,1-6,15H2,(H2,16,17,18,19). The Kier molecular flexibility index (Phi) is 2.59. The minimum Gasteiger partial charge on any atom is -0.321 e. The Morgan fingerprint density at radius 2 is 1.79 bits per heavy atom. The van der Waals surface area contributed by atoms with Gasteiger partial charge in [-0.15, -0.1) is 0 Å². The predicted molar refractivity (Wildman–Crippen MR) is 71.3 cm³/mol. The van der Waals surface area contributed by atoms with Crippen LogP contribution in [0.25, 0.3) is 0 Å². The van der Waals surface area contributed by atoms with Crippen LogP contribution >= 0.6 is 0 Å². The summed E-state index contributed by atoms with van der Waals surface area (Å²) in [6.45, 7) is 0. The summed E-state index contributed by atoms with van der Waals surface area (Å²) < 4.78 is 0. The summed E-state index contributed by atoms with van der Waals surface area (Å²) in [4.78, 5) is 13.8. The van der Waals surface area contributed by atoms with E-state index < -0.39 is 0 Å². The fraction of sp³-hybridized carbons (Fsp3) is 0.857. The van der Waals surface area contributed by atoms with E-state index in [0.717, 1.165) is 36.0 Å². The molecule has 0 saturated heterocycles. The van der Waals surface area contributed by atoms with E-state index in [2.05, 4.69) is 15.2 Å². The molecule has 104 valence electrons. The van der Waals surface area contributed by atoms with Crippen LogP contribution in [-0.2, 0) is 0 Å². The summed E-state index contributed by atoms with van der Waals surface area (Å²) in [5.41, 5.74) is 5.98. The predicted octanol–water partition coefficient (Wildman–Crippen LogP) is 1.56. The van der Waals surface area contributed by atoms with Crippen LogP contribution in [0.3, 0.4) is 0 Å². The molecule has 4 saturated carbocycles. The van der Waals surface area contributed by atoms with E-state index in [0.29, 0.717) is 5.82 Å². The number of nitrogens with one attached hydrogen (secondary N) is 2. The van der Waals surface area contributed by atoms with Crippen LogP contribution in [0.1, 0.15) is 50.4 Å². The molecule has 5 nitrogen and oxygen atoms in total. The zero-order valence-electron chi connectivity index (χ0n) is 11.1. The Morgan fingerprint density at radius 1 is 1.16 bits per heavy atom. The summed E-state index contributed by atoms with van der Waals surface area (Å²) in [6, 6.07) is -0.124. The summed E-state index contributed by atoms with van der Waals surface area (Å²) >= 11 is 0. The third-order valence-electron chi connectivity index (χ3n) is 5.82. The molecule has 4 N–H and O–H groups in total. The number of nitrogens with two attached hydrogens (primary N) is 1. The van der Waals surface area contributed by atoms with Crippen molar-refractivity contribution in [3.05, 3.63) is 16.3 Å². The van der Waals surface area contributed by atoms with E-state index in [-0.39, 0.29) is 11.7 Å². The number of H-pyrrole nitrogens is 2. The average molecular weight is 262 g/mol. The van der Waals surface area contributed by atoms with Crippen LogP contribution in [0, 0.1) is 29.6 Å². The van der Waals surface area contributed by atoms with Gasteiger partial charge >= 0.3 is 5.69 Å². The largest absolute Gasteiger partial charge is 0.340 e. The van der Waals surface area contributed by atoms with Crippen LogP contribution in [-0.4, -0.2) is 15.2 Å². The zero-order chi connectivity index (χ0) is 13.0. The Morgan fingerprint density at radius 3 is 2.32 bits per heavy atom. The molecular weight excluding hydrogens is 240 g/mol. The van der Waals surface area contributed by atoms with Crippen molar-refractivity contribution in [2.75, 3.05) is 0 Å². The van der Waals surface area contributed by atoms with Gasteiger partial charge < -0.3 is 5.73 Å². The third-order valence-corrected chi connectivity index (χ3v) is 5.82. The highest BCUT2D eigenvalue weighted by atomic mass is 16.1. The van der Waals surface area contributed by atoms with Crippen molar-refractivity contribution in [2.24, 2.45) is 35.3 Å². The van der Waals surface area contributed by atoms with Crippen LogP contribution in [0.5, 0.6) is 0 Å². The normalized spacial score (nSPS) is 41.6. The van der Waals surface area contributed by atoms with Crippen LogP contribution in [0.2, 0.25) is 0 Å². The van der Waals surface area contributed by atoms with Gasteiger partial charge in [-0.2, -0.15) is 5.10 Å². The minimum absolute atomic E-state index is 0.124. The number of hydrogen-bond acceptors (Lipinski definition) is 3. The van der Waals surface area contributed by atoms with Gasteiger partial charge in [0.05, 0.1) is 6.04 Å². The van der Waals surface area contributed by atoms with Gasteiger partial charge in [-0.3, -0.25) is 4.98 Å². The molecule has 1 aromatic heterocycles. The lowest BCUT2D eigenvalue weighted by Crippen LogP contribution is -2.45. The second kappa shape index (κ2) is 4.20. The highest BCUT2D eigenvalue weighted by Crippen LogP contribution is 2.57. The Balaban J connectivity index is 1.49. The molecule has 4 bridgehead atoms. The van der Waals surface area contributed by atoms with Crippen molar-refractivity contribution in [3.63, 3.8) is 0 Å². The molecule has 1 atom stereocenters. The van der Waals surface area contributed by atoms with Crippen LogP contribution in [0.15, 0.2) is 4.79 Å². The van der Waals surface area contributed by atoms with Crippen molar-refractivity contribution in [2.45, 2.75) is 44.6 Å². The van der Waals surface area contributed by atoms with Gasteiger partial charge in [0.2, 0.25) is 0 Å². The van der Waals surface area contributed by atoms with Gasteiger partial charge in [0, 0.05) is 0 Å². The quantitative estimate of drug-likeness (QED) is 0.772. The SMILES string of the molecule is NC(CC1C2CC3CC(C2)CC1C3)c1n[nH]c(=O)[nH]1. The summed E-state index contributed by atoms with van der Waals surface area (Å²) in [6.07, 6.45) is 8.14. The zero-order valence-corrected chi connectivity index (χ0v) is 11.1. The first-order chi connectivity index (χ1) is 9.19. The lowest BCUT2D eigenvalue weighted by atomic mass is 9.51. The van der Waals surface area contributed by atoms with Gasteiger partial charge in [-0.25, -0.2) is 9.89 Å². The average Bonchev–Trinajstić information content (AvgIpc) is 2.79. The first kappa shape index (κ1) is 11.7. The Hall–Kier alpha value is -1.10. The van der Waals surface area contributed by atoms with Crippen molar-refractivity contribution in [1.29, 1.82) is 0 Å². The smallest absolute Gasteiger partial charge is 0.321 e. The lowest BCUT2D eigenvalue weighted by molar-refractivity contribution is -0.0423. The van der Waals surface area contributed by atoms with Gasteiger partial charge in [-0.05, 0) is 68.1 Å². The van der Waals surface area contributed by atoms with Crippen molar-refractivity contribution >= 4 is 0 Å². The molecule has 1 heterocycles. The molecule has 0 spiro atoms. The van der Waals surface area contributed by atoms with Crippen molar-refractivity contribution in [3.8, 4) is 0 Å². The Labute approximate surface area is 112 Å². The molecule has 0 amide bonds. The summed E-state index contributed by atoms with van der Waals surface area (Å²) in [5.74, 6) is 5.14. The molecular formula is C14H22N4O. The van der Waals surface area contributed by atoms with Crippen LogP contribution < -0.4 is 11.4 Å². The van der Waals surface area contributed by atoms with E-state index in [1.54, 1.807) is 0 Å². The van der Waals surface area contributed by atoms with E-state index in [1.807, 2.05) is 0 Å². The minimum atomic E-state index is -0.254. The van der Waals surface area contributed by atoms with E-state index in [9.17, 15) is 4.79 Å². The molecule has 5 rings (SSSR count). The second-order valence-corrected chi connectivity index (χ2v) is 7.00. The fourth-order valence-corrected chi connectivity index (χ4v) is 5.29. The molecule has 19 heavy (non-hydrogen) atoms. The van der Waals surface area contributed by atoms with Crippen molar-refractivity contribution < 1.29 is 0 Å². The maximum Gasteiger partial charge on any atom is 0.340 e. The molecule has 1 unspecified atom stereocenters. The molecule has 0 radical (unpaired) electrons. The number of rotatable bonds is 3. The molecule has 0 aliphatic heterocycles. The Bertz CT molecular complexity index is 492. The van der Waals surface area contributed by atoms with Crippen LogP contribution in [0.4, 0.5) is 0 Å². The topological polar surface area (TPSA) is 87.6 Å².